The van der Waals surface area contributed by atoms with Crippen molar-refractivity contribution in [2.75, 3.05) is 32.1 Å². The SMILES string of the molecule is CCNc1cc(C(=O)N(C)CCOC(C)C)ccn1. The first-order valence-electron chi connectivity index (χ1n) is 6.61. The van der Waals surface area contributed by atoms with Gasteiger partial charge in [0.05, 0.1) is 12.7 Å². The Morgan fingerprint density at radius 2 is 2.26 bits per heavy atom. The molecule has 1 rings (SSSR count). The van der Waals surface area contributed by atoms with Gasteiger partial charge in [-0.25, -0.2) is 4.98 Å². The van der Waals surface area contributed by atoms with E-state index in [2.05, 4.69) is 10.3 Å². The summed E-state index contributed by atoms with van der Waals surface area (Å²) in [7, 11) is 1.78. The Morgan fingerprint density at radius 3 is 2.89 bits per heavy atom. The number of amides is 1. The summed E-state index contributed by atoms with van der Waals surface area (Å²) in [5.41, 5.74) is 0.637. The molecular weight excluding hydrogens is 242 g/mol. The lowest BCUT2D eigenvalue weighted by atomic mass is 10.2. The van der Waals surface area contributed by atoms with Crippen LogP contribution in [0, 0.1) is 0 Å². The van der Waals surface area contributed by atoms with E-state index in [0.717, 1.165) is 12.4 Å². The molecule has 1 aromatic rings. The van der Waals surface area contributed by atoms with Gasteiger partial charge in [-0.1, -0.05) is 0 Å². The van der Waals surface area contributed by atoms with Crippen molar-refractivity contribution in [3.8, 4) is 0 Å². The lowest BCUT2D eigenvalue weighted by Gasteiger charge is -2.18. The summed E-state index contributed by atoms with van der Waals surface area (Å²) in [6.07, 6.45) is 1.83. The second-order valence-electron chi connectivity index (χ2n) is 4.61. The second kappa shape index (κ2) is 7.74. The maximum atomic E-state index is 12.2. The van der Waals surface area contributed by atoms with Gasteiger partial charge < -0.3 is 15.0 Å². The molecule has 0 fully saturated rings. The number of likely N-dealkylation sites (N-methyl/N-ethyl adjacent to an activating group) is 1. The Balaban J connectivity index is 2.58. The van der Waals surface area contributed by atoms with Gasteiger partial charge in [0.1, 0.15) is 5.82 Å². The molecule has 1 amide bonds. The fourth-order valence-electron chi connectivity index (χ4n) is 1.59. The number of pyridine rings is 1. The van der Waals surface area contributed by atoms with Gasteiger partial charge in [-0.15, -0.1) is 0 Å². The molecule has 0 saturated heterocycles. The van der Waals surface area contributed by atoms with Gasteiger partial charge >= 0.3 is 0 Å². The number of hydrogen-bond acceptors (Lipinski definition) is 4. The summed E-state index contributed by atoms with van der Waals surface area (Å²) < 4.78 is 5.44. The molecule has 5 nitrogen and oxygen atoms in total. The molecule has 1 aromatic heterocycles. The second-order valence-corrected chi connectivity index (χ2v) is 4.61. The number of rotatable bonds is 7. The van der Waals surface area contributed by atoms with Crippen LogP contribution in [0.2, 0.25) is 0 Å². The molecule has 0 radical (unpaired) electrons. The average Bonchev–Trinajstić information content (AvgIpc) is 2.38. The molecule has 19 heavy (non-hydrogen) atoms. The number of aromatic nitrogens is 1. The van der Waals surface area contributed by atoms with Gasteiger partial charge in [0.25, 0.3) is 5.91 Å². The van der Waals surface area contributed by atoms with E-state index in [0.29, 0.717) is 18.7 Å². The van der Waals surface area contributed by atoms with Crippen molar-refractivity contribution in [2.24, 2.45) is 0 Å². The highest BCUT2D eigenvalue weighted by Gasteiger charge is 2.12. The predicted octanol–water partition coefficient (Wildman–Crippen LogP) is 2.01. The summed E-state index contributed by atoms with van der Waals surface area (Å²) in [6.45, 7) is 7.86. The Bertz CT molecular complexity index is 407. The van der Waals surface area contributed by atoms with E-state index in [9.17, 15) is 4.79 Å². The molecule has 0 aliphatic carbocycles. The van der Waals surface area contributed by atoms with Crippen molar-refractivity contribution < 1.29 is 9.53 Å². The summed E-state index contributed by atoms with van der Waals surface area (Å²) in [5.74, 6) is 0.703. The number of anilines is 1. The van der Waals surface area contributed by atoms with Crippen LogP contribution >= 0.6 is 0 Å². The third kappa shape index (κ3) is 5.26. The van der Waals surface area contributed by atoms with E-state index in [-0.39, 0.29) is 12.0 Å². The average molecular weight is 265 g/mol. The summed E-state index contributed by atoms with van der Waals surface area (Å²) in [5, 5.41) is 3.09. The fourth-order valence-corrected chi connectivity index (χ4v) is 1.59. The minimum atomic E-state index is -0.0195. The van der Waals surface area contributed by atoms with Crippen LogP contribution in [0.5, 0.6) is 0 Å². The highest BCUT2D eigenvalue weighted by atomic mass is 16.5. The highest BCUT2D eigenvalue weighted by Crippen LogP contribution is 2.09. The molecule has 0 aliphatic heterocycles. The van der Waals surface area contributed by atoms with Gasteiger partial charge in [0, 0.05) is 31.9 Å². The summed E-state index contributed by atoms with van der Waals surface area (Å²) >= 11 is 0. The third-order valence-corrected chi connectivity index (χ3v) is 2.59. The standard InChI is InChI=1S/C14H23N3O2/c1-5-15-13-10-12(6-7-16-13)14(18)17(4)8-9-19-11(2)3/h6-7,10-11H,5,8-9H2,1-4H3,(H,15,16). The third-order valence-electron chi connectivity index (χ3n) is 2.59. The molecule has 0 atom stereocenters. The van der Waals surface area contributed by atoms with E-state index >= 15 is 0 Å². The normalized spacial score (nSPS) is 10.6. The van der Waals surface area contributed by atoms with Crippen LogP contribution in [0.4, 0.5) is 5.82 Å². The molecule has 0 unspecified atom stereocenters. The quantitative estimate of drug-likeness (QED) is 0.819. The van der Waals surface area contributed by atoms with E-state index < -0.39 is 0 Å². The number of nitrogens with zero attached hydrogens (tertiary/aromatic N) is 2. The first-order chi connectivity index (χ1) is 9.04. The Kier molecular flexibility index (Phi) is 6.29. The lowest BCUT2D eigenvalue weighted by Crippen LogP contribution is -2.30. The predicted molar refractivity (Wildman–Crippen MR) is 76.4 cm³/mol. The van der Waals surface area contributed by atoms with Crippen LogP contribution in [0.15, 0.2) is 18.3 Å². The zero-order valence-electron chi connectivity index (χ0n) is 12.1. The van der Waals surface area contributed by atoms with E-state index in [1.54, 1.807) is 30.3 Å². The molecule has 0 saturated carbocycles. The van der Waals surface area contributed by atoms with Gasteiger partial charge in [-0.3, -0.25) is 4.79 Å². The highest BCUT2D eigenvalue weighted by molar-refractivity contribution is 5.94. The maximum absolute atomic E-state index is 12.2. The molecule has 106 valence electrons. The van der Waals surface area contributed by atoms with Crippen LogP contribution < -0.4 is 5.32 Å². The van der Waals surface area contributed by atoms with Crippen molar-refractivity contribution in [1.82, 2.24) is 9.88 Å². The number of ether oxygens (including phenoxy) is 1. The molecule has 0 aliphatic rings. The van der Waals surface area contributed by atoms with Gasteiger partial charge in [-0.05, 0) is 32.9 Å². The maximum Gasteiger partial charge on any atom is 0.253 e. The smallest absolute Gasteiger partial charge is 0.253 e. The van der Waals surface area contributed by atoms with Gasteiger partial charge in [-0.2, -0.15) is 0 Å². The summed E-state index contributed by atoms with van der Waals surface area (Å²) in [6, 6.07) is 3.49. The molecule has 0 aromatic carbocycles. The van der Waals surface area contributed by atoms with Crippen molar-refractivity contribution in [2.45, 2.75) is 26.9 Å². The van der Waals surface area contributed by atoms with Crippen LogP contribution in [0.25, 0.3) is 0 Å². The Labute approximate surface area is 115 Å². The summed E-state index contributed by atoms with van der Waals surface area (Å²) in [4.78, 5) is 18.0. The monoisotopic (exact) mass is 265 g/mol. The van der Waals surface area contributed by atoms with Crippen LogP contribution in [-0.4, -0.2) is 48.6 Å². The number of carbonyl (C=O) groups excluding carboxylic acids is 1. The van der Waals surface area contributed by atoms with Crippen LogP contribution in [0.3, 0.4) is 0 Å². The largest absolute Gasteiger partial charge is 0.377 e. The number of nitrogens with one attached hydrogen (secondary N) is 1. The minimum absolute atomic E-state index is 0.0195. The van der Waals surface area contributed by atoms with Crippen molar-refractivity contribution in [3.05, 3.63) is 23.9 Å². The van der Waals surface area contributed by atoms with Crippen molar-refractivity contribution in [3.63, 3.8) is 0 Å². The lowest BCUT2D eigenvalue weighted by molar-refractivity contribution is 0.0532. The van der Waals surface area contributed by atoms with Gasteiger partial charge in [0.15, 0.2) is 0 Å². The zero-order chi connectivity index (χ0) is 14.3. The minimum Gasteiger partial charge on any atom is -0.377 e. The van der Waals surface area contributed by atoms with E-state index in [4.69, 9.17) is 4.74 Å². The molecular formula is C14H23N3O2. The van der Waals surface area contributed by atoms with Crippen LogP contribution in [-0.2, 0) is 4.74 Å². The fraction of sp³-hybridized carbons (Fsp3) is 0.571. The topological polar surface area (TPSA) is 54.5 Å². The molecule has 0 spiro atoms. The van der Waals surface area contributed by atoms with Gasteiger partial charge in [0.2, 0.25) is 0 Å². The van der Waals surface area contributed by atoms with Crippen LogP contribution in [0.1, 0.15) is 31.1 Å². The van der Waals surface area contributed by atoms with Crippen molar-refractivity contribution in [1.29, 1.82) is 0 Å². The Morgan fingerprint density at radius 1 is 1.53 bits per heavy atom. The van der Waals surface area contributed by atoms with Crippen molar-refractivity contribution >= 4 is 11.7 Å². The first-order valence-corrected chi connectivity index (χ1v) is 6.61. The Hall–Kier alpha value is -1.62. The molecule has 5 heteroatoms. The van der Waals surface area contributed by atoms with E-state index in [1.165, 1.54) is 0 Å². The molecule has 1 heterocycles. The molecule has 0 bridgehead atoms. The van der Waals surface area contributed by atoms with E-state index in [1.807, 2.05) is 20.8 Å². The number of carbonyl (C=O) groups is 1. The number of hydrogen-bond donors (Lipinski definition) is 1. The molecule has 1 N–H and O–H groups in total. The zero-order valence-corrected chi connectivity index (χ0v) is 12.1. The first kappa shape index (κ1) is 15.4.